The second kappa shape index (κ2) is 13.0. The van der Waals surface area contributed by atoms with Gasteiger partial charge in [0.25, 0.3) is 5.91 Å². The molecule has 0 bridgehead atoms. The van der Waals surface area contributed by atoms with Crippen LogP contribution in [0.25, 0.3) is 11.0 Å². The molecule has 8 nitrogen and oxygen atoms in total. The summed E-state index contributed by atoms with van der Waals surface area (Å²) in [4.78, 5) is 30.0. The number of rotatable bonds is 8. The quantitative estimate of drug-likeness (QED) is 0.218. The lowest BCUT2D eigenvalue weighted by Gasteiger charge is -2.30. The van der Waals surface area contributed by atoms with Gasteiger partial charge >= 0.3 is 12.4 Å². The predicted molar refractivity (Wildman–Crippen MR) is 158 cm³/mol. The van der Waals surface area contributed by atoms with Crippen LogP contribution in [-0.4, -0.2) is 46.4 Å². The number of carbonyl (C=O) groups excluding carboxylic acids is 2. The van der Waals surface area contributed by atoms with Crippen LogP contribution in [0.3, 0.4) is 0 Å². The minimum Gasteiger partial charge on any atom is -0.483 e. The highest BCUT2D eigenvalue weighted by molar-refractivity contribution is 6.33. The van der Waals surface area contributed by atoms with Crippen molar-refractivity contribution in [3.8, 4) is 5.75 Å². The molecule has 0 spiro atoms. The maximum atomic E-state index is 13.2. The summed E-state index contributed by atoms with van der Waals surface area (Å²) < 4.78 is 84.9. The third kappa shape index (κ3) is 8.74. The van der Waals surface area contributed by atoms with Crippen LogP contribution in [0, 0.1) is 11.3 Å². The Kier molecular flexibility index (Phi) is 9.86. The lowest BCUT2D eigenvalue weighted by atomic mass is 9.85. The van der Waals surface area contributed by atoms with Gasteiger partial charge in [-0.05, 0) is 49.4 Å². The van der Waals surface area contributed by atoms with Crippen molar-refractivity contribution in [2.75, 3.05) is 11.9 Å². The Bertz CT molecular complexity index is 1560. The van der Waals surface area contributed by atoms with Crippen LogP contribution in [0.2, 0.25) is 5.02 Å². The Balaban J connectivity index is 1.59. The van der Waals surface area contributed by atoms with E-state index in [0.29, 0.717) is 16.2 Å². The number of fused-ring (bicyclic) bond motifs is 1. The number of amides is 2. The van der Waals surface area contributed by atoms with Gasteiger partial charge in [-0.15, -0.1) is 0 Å². The van der Waals surface area contributed by atoms with E-state index >= 15 is 0 Å². The number of halogens is 7. The van der Waals surface area contributed by atoms with Gasteiger partial charge in [0, 0.05) is 31.1 Å². The van der Waals surface area contributed by atoms with Crippen molar-refractivity contribution in [1.29, 1.82) is 0 Å². The summed E-state index contributed by atoms with van der Waals surface area (Å²) in [5, 5.41) is 8.93. The average molecular weight is 662 g/mol. The SMILES string of the molecule is Cn1c(Nc2cc(CNC(=O)C(C)(C)C)ccc2Cl)nc2cc(C(=O)NC3CCC(C(F)(F)F)CC3)c(OCC(F)(F)F)cc21. The number of alkyl halides is 6. The molecule has 1 saturated carbocycles. The first-order chi connectivity index (χ1) is 20.8. The predicted octanol–water partition coefficient (Wildman–Crippen LogP) is 7.42. The Hall–Kier alpha value is -3.68. The minimum atomic E-state index is -4.69. The molecule has 1 aliphatic rings. The standard InChI is InChI=1S/C30H34ClF6N5O3/c1-28(2,3)26(44)38-14-16-5-10-20(31)21(11-16)40-27-41-22-12-19(24(13-23(22)42(27)4)45-15-29(32,33)34)25(43)39-18-8-6-17(7-9-18)30(35,36)37/h5,10-13,17-18H,6-9,14-15H2,1-4H3,(H,38,44)(H,39,43)(H,40,41). The third-order valence-electron chi connectivity index (χ3n) is 7.55. The van der Waals surface area contributed by atoms with Crippen molar-refractivity contribution in [3.63, 3.8) is 0 Å². The molecule has 0 aliphatic heterocycles. The largest absolute Gasteiger partial charge is 0.483 e. The zero-order chi connectivity index (χ0) is 33.3. The van der Waals surface area contributed by atoms with Crippen molar-refractivity contribution in [2.45, 2.75) is 71.4 Å². The highest BCUT2D eigenvalue weighted by atomic mass is 35.5. The highest BCUT2D eigenvalue weighted by Gasteiger charge is 2.41. The first kappa shape index (κ1) is 34.2. The van der Waals surface area contributed by atoms with E-state index in [1.165, 1.54) is 12.1 Å². The molecule has 2 amide bonds. The van der Waals surface area contributed by atoms with Crippen molar-refractivity contribution in [2.24, 2.45) is 18.4 Å². The summed E-state index contributed by atoms with van der Waals surface area (Å²) in [5.74, 6) is -2.49. The van der Waals surface area contributed by atoms with E-state index in [2.05, 4.69) is 20.9 Å². The van der Waals surface area contributed by atoms with Crippen LogP contribution in [-0.2, 0) is 18.4 Å². The fourth-order valence-corrected chi connectivity index (χ4v) is 5.13. The number of imidazole rings is 1. The molecule has 0 saturated heterocycles. The molecular formula is C30H34ClF6N5O3. The molecular weight excluding hydrogens is 628 g/mol. The molecule has 3 aromatic rings. The Labute approximate surface area is 260 Å². The smallest absolute Gasteiger partial charge is 0.422 e. The Morgan fingerprint density at radius 2 is 1.69 bits per heavy atom. The van der Waals surface area contributed by atoms with E-state index in [9.17, 15) is 35.9 Å². The molecule has 2 aromatic carbocycles. The molecule has 1 heterocycles. The van der Waals surface area contributed by atoms with E-state index < -0.39 is 42.2 Å². The van der Waals surface area contributed by atoms with Crippen LogP contribution in [0.5, 0.6) is 5.75 Å². The number of ether oxygens (including phenoxy) is 1. The van der Waals surface area contributed by atoms with Crippen LogP contribution in [0.15, 0.2) is 30.3 Å². The zero-order valence-electron chi connectivity index (χ0n) is 25.0. The lowest BCUT2D eigenvalue weighted by molar-refractivity contribution is -0.182. The topological polar surface area (TPSA) is 97.3 Å². The van der Waals surface area contributed by atoms with Gasteiger partial charge in [-0.1, -0.05) is 38.4 Å². The number of carbonyl (C=O) groups is 2. The van der Waals surface area contributed by atoms with Gasteiger partial charge in [0.05, 0.1) is 33.2 Å². The minimum absolute atomic E-state index is 0.0776. The van der Waals surface area contributed by atoms with E-state index in [0.717, 1.165) is 5.56 Å². The number of nitrogens with zero attached hydrogens (tertiary/aromatic N) is 2. The summed E-state index contributed by atoms with van der Waals surface area (Å²) in [6.07, 6.45) is -9.18. The van der Waals surface area contributed by atoms with E-state index in [1.807, 2.05) is 0 Å². The monoisotopic (exact) mass is 661 g/mol. The molecule has 0 atom stereocenters. The molecule has 246 valence electrons. The van der Waals surface area contributed by atoms with Crippen molar-refractivity contribution in [1.82, 2.24) is 20.2 Å². The van der Waals surface area contributed by atoms with Gasteiger partial charge in [-0.3, -0.25) is 9.59 Å². The fourth-order valence-electron chi connectivity index (χ4n) is 4.96. The summed E-state index contributed by atoms with van der Waals surface area (Å²) in [6, 6.07) is 7.06. The van der Waals surface area contributed by atoms with Gasteiger partial charge in [-0.25, -0.2) is 4.98 Å². The first-order valence-electron chi connectivity index (χ1n) is 14.2. The lowest BCUT2D eigenvalue weighted by Crippen LogP contribution is -2.40. The second-order valence-electron chi connectivity index (χ2n) is 12.2. The number of anilines is 2. The maximum Gasteiger partial charge on any atom is 0.422 e. The number of aryl methyl sites for hydroxylation is 1. The summed E-state index contributed by atoms with van der Waals surface area (Å²) >= 11 is 6.41. The van der Waals surface area contributed by atoms with E-state index in [-0.39, 0.29) is 60.9 Å². The fraction of sp³-hybridized carbons (Fsp3) is 0.500. The molecule has 3 N–H and O–H groups in total. The highest BCUT2D eigenvalue weighted by Crippen LogP contribution is 2.38. The van der Waals surface area contributed by atoms with Gasteiger partial charge in [-0.2, -0.15) is 26.3 Å². The van der Waals surface area contributed by atoms with Crippen LogP contribution in [0.1, 0.15) is 62.4 Å². The van der Waals surface area contributed by atoms with E-state index in [1.54, 1.807) is 50.6 Å². The number of benzene rings is 2. The molecule has 1 aromatic heterocycles. The van der Waals surface area contributed by atoms with Crippen molar-refractivity contribution >= 4 is 46.1 Å². The van der Waals surface area contributed by atoms with Crippen LogP contribution < -0.4 is 20.7 Å². The molecule has 0 unspecified atom stereocenters. The van der Waals surface area contributed by atoms with Gasteiger partial charge < -0.3 is 25.3 Å². The number of hydrogen-bond donors (Lipinski definition) is 3. The Morgan fingerprint density at radius 3 is 2.29 bits per heavy atom. The molecule has 15 heteroatoms. The molecule has 0 radical (unpaired) electrons. The molecule has 1 fully saturated rings. The molecule has 4 rings (SSSR count). The summed E-state index contributed by atoms with van der Waals surface area (Å²) in [7, 11) is 1.60. The van der Waals surface area contributed by atoms with Crippen LogP contribution in [0.4, 0.5) is 38.0 Å². The normalized spacial score (nSPS) is 17.7. The van der Waals surface area contributed by atoms with Crippen molar-refractivity contribution in [3.05, 3.63) is 46.5 Å². The molecule has 45 heavy (non-hydrogen) atoms. The number of hydrogen-bond acceptors (Lipinski definition) is 5. The number of nitrogens with one attached hydrogen (secondary N) is 3. The Morgan fingerprint density at radius 1 is 1.02 bits per heavy atom. The number of aromatic nitrogens is 2. The van der Waals surface area contributed by atoms with Gasteiger partial charge in [0.1, 0.15) is 5.75 Å². The van der Waals surface area contributed by atoms with Crippen LogP contribution >= 0.6 is 11.6 Å². The van der Waals surface area contributed by atoms with Gasteiger partial charge in [0.2, 0.25) is 11.9 Å². The summed E-state index contributed by atoms with van der Waals surface area (Å²) in [5.41, 5.74) is 0.953. The first-order valence-corrected chi connectivity index (χ1v) is 14.6. The third-order valence-corrected chi connectivity index (χ3v) is 7.88. The van der Waals surface area contributed by atoms with Gasteiger partial charge in [0.15, 0.2) is 6.61 Å². The summed E-state index contributed by atoms with van der Waals surface area (Å²) in [6.45, 7) is 3.95. The zero-order valence-corrected chi connectivity index (χ0v) is 25.8. The van der Waals surface area contributed by atoms with E-state index in [4.69, 9.17) is 16.3 Å². The second-order valence-corrected chi connectivity index (χ2v) is 12.6. The van der Waals surface area contributed by atoms with Crippen molar-refractivity contribution < 1.29 is 40.7 Å². The molecule has 1 aliphatic carbocycles. The average Bonchev–Trinajstić information content (AvgIpc) is 3.24. The maximum absolute atomic E-state index is 13.2.